The van der Waals surface area contributed by atoms with Crippen LogP contribution in [0, 0.1) is 17.8 Å². The third-order valence-corrected chi connectivity index (χ3v) is 16.1. The molecule has 6 aliphatic rings. The molecule has 65 heavy (non-hydrogen) atoms. The van der Waals surface area contributed by atoms with Gasteiger partial charge in [-0.25, -0.2) is 15.0 Å². The molecule has 1 aromatic heterocycles. The lowest BCUT2D eigenvalue weighted by molar-refractivity contribution is -0.00518. The van der Waals surface area contributed by atoms with Crippen molar-refractivity contribution in [3.8, 4) is 78.7 Å². The molecule has 4 fully saturated rings. The molecular weight excluding hydrogens is 787 g/mol. The van der Waals surface area contributed by atoms with E-state index < -0.39 is 5.41 Å². The molecule has 3 nitrogen and oxygen atoms in total. The summed E-state index contributed by atoms with van der Waals surface area (Å²) >= 11 is 0. The zero-order valence-electron chi connectivity index (χ0n) is 36.3. The molecule has 0 saturated heterocycles. The predicted molar refractivity (Wildman–Crippen MR) is 263 cm³/mol. The fraction of sp³-hybridized carbons (Fsp3) is 0.177. The Kier molecular flexibility index (Phi) is 8.08. The monoisotopic (exact) mass is 833 g/mol. The number of aromatic nitrogens is 3. The topological polar surface area (TPSA) is 38.7 Å². The summed E-state index contributed by atoms with van der Waals surface area (Å²) in [5.74, 6) is 4.68. The van der Waals surface area contributed by atoms with Crippen LogP contribution in [-0.4, -0.2) is 15.0 Å². The summed E-state index contributed by atoms with van der Waals surface area (Å²) in [6.07, 6.45) is 8.43. The first-order valence-electron chi connectivity index (χ1n) is 23.7. The number of hydrogen-bond donors (Lipinski definition) is 0. The van der Waals surface area contributed by atoms with Crippen LogP contribution in [0.1, 0.15) is 66.3 Å². The first-order chi connectivity index (χ1) is 32.1. The van der Waals surface area contributed by atoms with Crippen LogP contribution in [0.25, 0.3) is 78.7 Å². The van der Waals surface area contributed by atoms with Gasteiger partial charge in [-0.05, 0) is 146 Å². The van der Waals surface area contributed by atoms with E-state index in [0.717, 1.165) is 45.6 Å². The van der Waals surface area contributed by atoms with Gasteiger partial charge < -0.3 is 0 Å². The molecule has 4 bridgehead atoms. The van der Waals surface area contributed by atoms with Crippen molar-refractivity contribution < 1.29 is 0 Å². The van der Waals surface area contributed by atoms with Gasteiger partial charge in [0, 0.05) is 16.7 Å². The lowest BCUT2D eigenvalue weighted by atomic mass is 9.48. The van der Waals surface area contributed by atoms with Crippen LogP contribution in [0.4, 0.5) is 0 Å². The van der Waals surface area contributed by atoms with Crippen molar-refractivity contribution in [2.45, 2.75) is 49.4 Å². The van der Waals surface area contributed by atoms with Crippen LogP contribution < -0.4 is 0 Å². The van der Waals surface area contributed by atoms with E-state index in [-0.39, 0.29) is 0 Å². The lowest BCUT2D eigenvalue weighted by Gasteiger charge is -2.57. The Morgan fingerprint density at radius 2 is 0.769 bits per heavy atom. The van der Waals surface area contributed by atoms with Crippen molar-refractivity contribution in [2.24, 2.45) is 17.8 Å². The fourth-order valence-corrected chi connectivity index (χ4v) is 13.9. The average Bonchev–Trinajstić information content (AvgIpc) is 3.84. The molecule has 6 aliphatic carbocycles. The molecular formula is C62H47N3. The van der Waals surface area contributed by atoms with E-state index in [4.69, 9.17) is 15.0 Å². The molecule has 9 aromatic rings. The molecule has 1 heterocycles. The highest BCUT2D eigenvalue weighted by Crippen LogP contribution is 2.65. The largest absolute Gasteiger partial charge is 0.208 e. The Bertz CT molecular complexity index is 3270. The molecule has 0 radical (unpaired) electrons. The number of nitrogens with zero attached hydrogens (tertiary/aromatic N) is 3. The summed E-state index contributed by atoms with van der Waals surface area (Å²) in [7, 11) is 0. The maximum Gasteiger partial charge on any atom is 0.164 e. The standard InChI is InChI=1S/C62H47N3/c1-3-15-42(16-4-1)47-19-7-8-22-50(47)60-64-58(44-17-5-2-6-18-44)63-59(65-60)45-34-52(43-27-29-46(30-28-43)61-36-39-31-40(37-61)33-41(32-39)38-61)57-51-23-11-14-26-55(51)62(56(57)35-45)53-24-12-9-20-48(53)49-21-10-13-25-54(49)62/h1-30,34-35,39-41H,31-33,36-38H2. The summed E-state index contributed by atoms with van der Waals surface area (Å²) in [6.45, 7) is 0. The maximum absolute atomic E-state index is 5.50. The van der Waals surface area contributed by atoms with Gasteiger partial charge in [0.1, 0.15) is 0 Å². The second-order valence-corrected chi connectivity index (χ2v) is 19.7. The van der Waals surface area contributed by atoms with Gasteiger partial charge in [0.15, 0.2) is 17.5 Å². The molecule has 0 N–H and O–H groups in total. The number of hydrogen-bond acceptors (Lipinski definition) is 3. The van der Waals surface area contributed by atoms with Crippen molar-refractivity contribution in [1.29, 1.82) is 0 Å². The molecule has 0 unspecified atom stereocenters. The van der Waals surface area contributed by atoms with Crippen LogP contribution in [0.3, 0.4) is 0 Å². The van der Waals surface area contributed by atoms with Gasteiger partial charge in [0.05, 0.1) is 5.41 Å². The number of fused-ring (bicyclic) bond motifs is 10. The Balaban J connectivity index is 1.04. The van der Waals surface area contributed by atoms with E-state index in [1.165, 1.54) is 94.2 Å². The van der Waals surface area contributed by atoms with Crippen LogP contribution >= 0.6 is 0 Å². The molecule has 310 valence electrons. The van der Waals surface area contributed by atoms with Crippen molar-refractivity contribution >= 4 is 0 Å². The summed E-state index contributed by atoms with van der Waals surface area (Å²) in [5.41, 5.74) is 19.4. The second kappa shape index (κ2) is 14.1. The van der Waals surface area contributed by atoms with Gasteiger partial charge in [-0.1, -0.05) is 182 Å². The van der Waals surface area contributed by atoms with E-state index in [9.17, 15) is 0 Å². The molecule has 1 spiro atoms. The molecule has 4 saturated carbocycles. The Morgan fingerprint density at radius 1 is 0.323 bits per heavy atom. The molecule has 3 heteroatoms. The summed E-state index contributed by atoms with van der Waals surface area (Å²) < 4.78 is 0. The van der Waals surface area contributed by atoms with E-state index >= 15 is 0 Å². The molecule has 0 atom stereocenters. The normalized spacial score (nSPS) is 21.2. The fourth-order valence-electron chi connectivity index (χ4n) is 13.9. The van der Waals surface area contributed by atoms with Gasteiger partial charge in [0.25, 0.3) is 0 Å². The van der Waals surface area contributed by atoms with Crippen LogP contribution in [0.2, 0.25) is 0 Å². The van der Waals surface area contributed by atoms with Gasteiger partial charge in [-0.2, -0.15) is 0 Å². The van der Waals surface area contributed by atoms with E-state index in [1.807, 2.05) is 6.07 Å². The summed E-state index contributed by atoms with van der Waals surface area (Å²) in [4.78, 5) is 16.2. The minimum Gasteiger partial charge on any atom is -0.208 e. The predicted octanol–water partition coefficient (Wildman–Crippen LogP) is 15.0. The lowest BCUT2D eigenvalue weighted by Crippen LogP contribution is -2.48. The van der Waals surface area contributed by atoms with E-state index in [2.05, 4.69) is 188 Å². The molecule has 0 amide bonds. The molecule has 0 aliphatic heterocycles. The van der Waals surface area contributed by atoms with Crippen molar-refractivity contribution in [3.05, 3.63) is 222 Å². The molecule has 8 aromatic carbocycles. The third-order valence-electron chi connectivity index (χ3n) is 16.1. The zero-order valence-corrected chi connectivity index (χ0v) is 36.3. The minimum absolute atomic E-state index is 0.330. The highest BCUT2D eigenvalue weighted by molar-refractivity contribution is 6.01. The first-order valence-corrected chi connectivity index (χ1v) is 23.7. The molecule has 15 rings (SSSR count). The maximum atomic E-state index is 5.50. The first kappa shape index (κ1) is 37.2. The quantitative estimate of drug-likeness (QED) is 0.167. The van der Waals surface area contributed by atoms with Crippen molar-refractivity contribution in [3.63, 3.8) is 0 Å². The Morgan fingerprint density at radius 3 is 1.37 bits per heavy atom. The van der Waals surface area contributed by atoms with Crippen LogP contribution in [0.15, 0.2) is 194 Å². The summed E-state index contributed by atoms with van der Waals surface area (Å²) in [6, 6.07) is 71.5. The third kappa shape index (κ3) is 5.51. The SMILES string of the molecule is c1ccc(-c2nc(-c3cc(-c4ccc(C56CC7CC(CC(C7)C5)C6)cc4)c4c(c3)C3(c5ccccc5-c5ccccc53)c3ccccc3-4)nc(-c3ccccc3-c3ccccc3)n2)cc1. The minimum atomic E-state index is -0.527. The van der Waals surface area contributed by atoms with Crippen molar-refractivity contribution in [1.82, 2.24) is 15.0 Å². The smallest absolute Gasteiger partial charge is 0.164 e. The van der Waals surface area contributed by atoms with E-state index in [0.29, 0.717) is 22.9 Å². The van der Waals surface area contributed by atoms with Gasteiger partial charge in [-0.3, -0.25) is 0 Å². The average molecular weight is 834 g/mol. The highest BCUT2D eigenvalue weighted by Gasteiger charge is 2.53. The number of benzene rings is 8. The Labute approximate surface area is 381 Å². The van der Waals surface area contributed by atoms with Crippen LogP contribution in [0.5, 0.6) is 0 Å². The Hall–Kier alpha value is -7.23. The highest BCUT2D eigenvalue weighted by atomic mass is 15.0. The van der Waals surface area contributed by atoms with Crippen molar-refractivity contribution in [2.75, 3.05) is 0 Å². The summed E-state index contributed by atoms with van der Waals surface area (Å²) in [5, 5.41) is 0. The van der Waals surface area contributed by atoms with Gasteiger partial charge in [-0.15, -0.1) is 0 Å². The van der Waals surface area contributed by atoms with Crippen LogP contribution in [-0.2, 0) is 10.8 Å². The van der Waals surface area contributed by atoms with Gasteiger partial charge in [0.2, 0.25) is 0 Å². The zero-order chi connectivity index (χ0) is 42.7. The van der Waals surface area contributed by atoms with E-state index in [1.54, 1.807) is 5.56 Å². The number of rotatable bonds is 6. The van der Waals surface area contributed by atoms with Gasteiger partial charge >= 0.3 is 0 Å². The second-order valence-electron chi connectivity index (χ2n) is 19.7.